The third kappa shape index (κ3) is 6.21. The van der Waals surface area contributed by atoms with Crippen molar-refractivity contribution >= 4 is 29.2 Å². The Morgan fingerprint density at radius 3 is 2.61 bits per heavy atom. The summed E-state index contributed by atoms with van der Waals surface area (Å²) in [6.07, 6.45) is 3.86. The van der Waals surface area contributed by atoms with Crippen LogP contribution in [0.15, 0.2) is 54.9 Å². The molecule has 0 bridgehead atoms. The van der Waals surface area contributed by atoms with Crippen molar-refractivity contribution in [2.45, 2.75) is 71.0 Å². The van der Waals surface area contributed by atoms with Crippen LogP contribution in [0, 0.1) is 11.8 Å². The van der Waals surface area contributed by atoms with Crippen molar-refractivity contribution < 1.29 is 19.2 Å². The Bertz CT molecular complexity index is 1410. The smallest absolute Gasteiger partial charge is 0.250 e. The highest BCUT2D eigenvalue weighted by atomic mass is 16.2. The highest BCUT2D eigenvalue weighted by Crippen LogP contribution is 2.39. The Kier molecular flexibility index (Phi) is 8.56. The van der Waals surface area contributed by atoms with Crippen LogP contribution in [0.4, 0.5) is 5.69 Å². The summed E-state index contributed by atoms with van der Waals surface area (Å²) < 4.78 is 0. The fourth-order valence-electron chi connectivity index (χ4n) is 5.84. The molecule has 4 atom stereocenters. The number of aromatic nitrogens is 3. The maximum Gasteiger partial charge on any atom is 0.250 e. The van der Waals surface area contributed by atoms with E-state index >= 15 is 0 Å². The second kappa shape index (κ2) is 12.4. The van der Waals surface area contributed by atoms with E-state index in [9.17, 15) is 19.2 Å². The van der Waals surface area contributed by atoms with Gasteiger partial charge in [-0.15, -0.1) is 0 Å². The maximum absolute atomic E-state index is 14.0. The Morgan fingerprint density at radius 2 is 1.88 bits per heavy atom. The van der Waals surface area contributed by atoms with E-state index in [1.165, 1.54) is 6.33 Å². The van der Waals surface area contributed by atoms with Crippen LogP contribution in [0.5, 0.6) is 0 Å². The fourth-order valence-corrected chi connectivity index (χ4v) is 5.84. The van der Waals surface area contributed by atoms with E-state index in [-0.39, 0.29) is 48.8 Å². The lowest BCUT2D eigenvalue weighted by molar-refractivity contribution is -0.134. The summed E-state index contributed by atoms with van der Waals surface area (Å²) in [5.74, 6) is -0.988. The van der Waals surface area contributed by atoms with E-state index in [1.807, 2.05) is 62.4 Å². The minimum absolute atomic E-state index is 0.0103. The normalized spacial score (nSPS) is 19.2. The number of nitrogens with zero attached hydrogens (tertiary/aromatic N) is 3. The topological polar surface area (TPSA) is 137 Å². The van der Waals surface area contributed by atoms with Crippen molar-refractivity contribution in [2.75, 3.05) is 4.90 Å². The summed E-state index contributed by atoms with van der Waals surface area (Å²) in [6.45, 7) is 4.12. The highest BCUT2D eigenvalue weighted by Gasteiger charge is 2.44. The van der Waals surface area contributed by atoms with E-state index < -0.39 is 18.0 Å². The van der Waals surface area contributed by atoms with E-state index in [2.05, 4.69) is 25.8 Å². The molecule has 10 nitrogen and oxygen atoms in total. The highest BCUT2D eigenvalue weighted by molar-refractivity contribution is 6.08. The molecule has 10 heteroatoms. The van der Waals surface area contributed by atoms with Crippen molar-refractivity contribution in [3.05, 3.63) is 77.4 Å². The average Bonchev–Trinajstić information content (AvgIpc) is 3.62. The molecule has 0 radical (unpaired) electrons. The monoisotopic (exact) mass is 556 g/mol. The molecular weight excluding hydrogens is 520 g/mol. The van der Waals surface area contributed by atoms with Crippen LogP contribution < -0.4 is 15.5 Å². The number of hydrogen-bond donors (Lipinski definition) is 3. The van der Waals surface area contributed by atoms with E-state index in [0.717, 1.165) is 28.8 Å². The molecule has 3 N–H and O–H groups in total. The van der Waals surface area contributed by atoms with Gasteiger partial charge in [0.1, 0.15) is 30.0 Å². The van der Waals surface area contributed by atoms with E-state index in [4.69, 9.17) is 0 Å². The lowest BCUT2D eigenvalue weighted by atomic mass is 9.85. The molecule has 41 heavy (non-hydrogen) atoms. The SMILES string of the molecule is CC[C@H](C)[C@H](CC(=O)Cc1ccccc1)C(=O)N[C@H]1CCc2cccc3c2N(C1=O)[C@H](C(=O)NCc1ncn[nH]1)C3. The number of carbonyl (C=O) groups is 4. The van der Waals surface area contributed by atoms with Gasteiger partial charge in [0.15, 0.2) is 0 Å². The number of hydrogen-bond acceptors (Lipinski definition) is 6. The Labute approximate surface area is 239 Å². The number of ketones is 1. The minimum atomic E-state index is -0.804. The number of aryl methyl sites for hydroxylation is 1. The molecular formula is C31H36N6O4. The molecule has 0 spiro atoms. The number of H-pyrrole nitrogens is 1. The molecule has 3 amide bonds. The van der Waals surface area contributed by atoms with Gasteiger partial charge in [0.25, 0.3) is 0 Å². The van der Waals surface area contributed by atoms with Crippen molar-refractivity contribution in [3.8, 4) is 0 Å². The molecule has 3 heterocycles. The van der Waals surface area contributed by atoms with Crippen LogP contribution in [0.3, 0.4) is 0 Å². The van der Waals surface area contributed by atoms with Gasteiger partial charge in [-0.2, -0.15) is 5.10 Å². The van der Waals surface area contributed by atoms with Gasteiger partial charge in [-0.25, -0.2) is 4.98 Å². The summed E-state index contributed by atoms with van der Waals surface area (Å²) in [5.41, 5.74) is 3.60. The van der Waals surface area contributed by atoms with Gasteiger partial charge in [-0.05, 0) is 35.4 Å². The molecule has 5 rings (SSSR count). The number of anilines is 1. The zero-order valence-corrected chi connectivity index (χ0v) is 23.4. The molecule has 2 aliphatic rings. The Hall–Kier alpha value is -4.34. The quantitative estimate of drug-likeness (QED) is 0.332. The molecule has 1 aromatic heterocycles. The van der Waals surface area contributed by atoms with Crippen LogP contribution in [0.2, 0.25) is 0 Å². The summed E-state index contributed by atoms with van der Waals surface area (Å²) in [6, 6.07) is 13.8. The Balaban J connectivity index is 1.32. The number of carbonyl (C=O) groups excluding carboxylic acids is 4. The second-order valence-electron chi connectivity index (χ2n) is 11.0. The first-order valence-electron chi connectivity index (χ1n) is 14.3. The second-order valence-corrected chi connectivity index (χ2v) is 11.0. The van der Waals surface area contributed by atoms with Gasteiger partial charge in [-0.1, -0.05) is 68.8 Å². The average molecular weight is 557 g/mol. The molecule has 2 aliphatic heterocycles. The lowest BCUT2D eigenvalue weighted by Gasteiger charge is -2.29. The number of aromatic amines is 1. The number of rotatable bonds is 11. The van der Waals surface area contributed by atoms with Gasteiger partial charge in [-0.3, -0.25) is 29.2 Å². The zero-order chi connectivity index (χ0) is 28.9. The maximum atomic E-state index is 14.0. The standard InChI is InChI=1S/C31H36N6O4/c1-3-19(2)24(16-23(38)14-20-8-5-4-6-9-20)29(39)35-25-13-12-21-10-7-11-22-15-26(37(28(21)22)31(25)41)30(40)32-17-27-33-18-34-36-27/h4-11,18-19,24-26H,3,12-17H2,1-2H3,(H,32,40)(H,35,39)(H,33,34,36)/t19-,24-,25-,26-/m0/s1. The fraction of sp³-hybridized carbons (Fsp3) is 0.419. The first-order valence-corrected chi connectivity index (χ1v) is 14.3. The first kappa shape index (κ1) is 28.2. The molecule has 0 saturated carbocycles. The number of para-hydroxylation sites is 1. The van der Waals surface area contributed by atoms with Gasteiger partial charge in [0.2, 0.25) is 17.7 Å². The van der Waals surface area contributed by atoms with Crippen LogP contribution in [-0.2, 0) is 45.0 Å². The molecule has 0 fully saturated rings. The third-order valence-electron chi connectivity index (χ3n) is 8.28. The predicted octanol–water partition coefficient (Wildman–Crippen LogP) is 2.67. The lowest BCUT2D eigenvalue weighted by Crippen LogP contribution is -2.55. The summed E-state index contributed by atoms with van der Waals surface area (Å²) in [4.78, 5) is 59.6. The van der Waals surface area contributed by atoms with E-state index in [1.54, 1.807) is 4.90 Å². The van der Waals surface area contributed by atoms with Crippen molar-refractivity contribution in [2.24, 2.45) is 11.8 Å². The summed E-state index contributed by atoms with van der Waals surface area (Å²) in [7, 11) is 0. The first-order chi connectivity index (χ1) is 19.9. The molecule has 0 unspecified atom stereocenters. The Morgan fingerprint density at radius 1 is 1.10 bits per heavy atom. The van der Waals surface area contributed by atoms with Gasteiger partial charge >= 0.3 is 0 Å². The number of nitrogens with one attached hydrogen (secondary N) is 3. The van der Waals surface area contributed by atoms with Crippen LogP contribution in [0.1, 0.15) is 55.6 Å². The molecule has 0 aliphatic carbocycles. The largest absolute Gasteiger partial charge is 0.347 e. The van der Waals surface area contributed by atoms with Crippen molar-refractivity contribution in [1.29, 1.82) is 0 Å². The molecule has 3 aromatic rings. The van der Waals surface area contributed by atoms with Crippen molar-refractivity contribution in [3.63, 3.8) is 0 Å². The molecule has 214 valence electrons. The summed E-state index contributed by atoms with van der Waals surface area (Å²) >= 11 is 0. The van der Waals surface area contributed by atoms with Gasteiger partial charge < -0.3 is 10.6 Å². The molecule has 0 saturated heterocycles. The predicted molar refractivity (Wildman–Crippen MR) is 153 cm³/mol. The van der Waals surface area contributed by atoms with Crippen LogP contribution >= 0.6 is 0 Å². The van der Waals surface area contributed by atoms with Crippen LogP contribution in [-0.4, -0.2) is 50.8 Å². The van der Waals surface area contributed by atoms with Gasteiger partial charge in [0, 0.05) is 25.2 Å². The zero-order valence-electron chi connectivity index (χ0n) is 23.4. The number of benzene rings is 2. The third-order valence-corrected chi connectivity index (χ3v) is 8.28. The number of Topliss-reactive ketones (excluding diaryl/α,β-unsaturated/α-hetero) is 1. The minimum Gasteiger partial charge on any atom is -0.347 e. The summed E-state index contributed by atoms with van der Waals surface area (Å²) in [5, 5.41) is 12.4. The number of amides is 3. The van der Waals surface area contributed by atoms with E-state index in [0.29, 0.717) is 25.1 Å². The van der Waals surface area contributed by atoms with Crippen molar-refractivity contribution in [1.82, 2.24) is 25.8 Å². The van der Waals surface area contributed by atoms with Crippen LogP contribution in [0.25, 0.3) is 0 Å². The molecule has 2 aromatic carbocycles. The van der Waals surface area contributed by atoms with Gasteiger partial charge in [0.05, 0.1) is 12.2 Å².